The number of anilines is 1. The standard InChI is InChI=1S/C26H37N5O4/c1-26(2,3)30-21(32)17-31(4)25-18-9-7-10-19(18)28-24(29-25)20-11-8-12-22(27-20)33-15-16-35-23-13-5-6-14-34-23/h8,11-12,23H,5-7,9-10,13-17H2,1-4H3,(H,30,32). The van der Waals surface area contributed by atoms with E-state index in [1.807, 2.05) is 50.9 Å². The van der Waals surface area contributed by atoms with Crippen molar-refractivity contribution in [1.82, 2.24) is 20.3 Å². The number of fused-ring (bicyclic) bond motifs is 1. The first-order valence-electron chi connectivity index (χ1n) is 12.5. The molecule has 1 saturated heterocycles. The Labute approximate surface area is 207 Å². The van der Waals surface area contributed by atoms with Gasteiger partial charge in [0.2, 0.25) is 11.8 Å². The number of amides is 1. The highest BCUT2D eigenvalue weighted by Gasteiger charge is 2.24. The molecule has 35 heavy (non-hydrogen) atoms. The summed E-state index contributed by atoms with van der Waals surface area (Å²) in [5, 5.41) is 3.02. The van der Waals surface area contributed by atoms with Crippen molar-refractivity contribution in [3.8, 4) is 17.4 Å². The van der Waals surface area contributed by atoms with Crippen LogP contribution in [0, 0.1) is 0 Å². The van der Waals surface area contributed by atoms with Crippen LogP contribution in [-0.4, -0.2) is 66.1 Å². The van der Waals surface area contributed by atoms with E-state index in [-0.39, 0.29) is 24.3 Å². The number of aromatic nitrogens is 3. The summed E-state index contributed by atoms with van der Waals surface area (Å²) >= 11 is 0. The Morgan fingerprint density at radius 2 is 2.00 bits per heavy atom. The maximum Gasteiger partial charge on any atom is 0.239 e. The summed E-state index contributed by atoms with van der Waals surface area (Å²) in [6.07, 6.45) is 5.87. The molecule has 0 spiro atoms. The molecule has 190 valence electrons. The third-order valence-corrected chi connectivity index (χ3v) is 5.90. The predicted molar refractivity (Wildman–Crippen MR) is 133 cm³/mol. The van der Waals surface area contributed by atoms with Crippen LogP contribution in [0.1, 0.15) is 57.7 Å². The molecule has 2 aromatic rings. The van der Waals surface area contributed by atoms with Crippen molar-refractivity contribution in [3.05, 3.63) is 29.5 Å². The Balaban J connectivity index is 1.44. The fourth-order valence-electron chi connectivity index (χ4n) is 4.38. The van der Waals surface area contributed by atoms with Gasteiger partial charge in [0.25, 0.3) is 0 Å². The second-order valence-electron chi connectivity index (χ2n) is 10.2. The maximum atomic E-state index is 12.5. The molecule has 3 heterocycles. The third kappa shape index (κ3) is 7.11. The molecule has 2 aliphatic rings. The molecule has 1 aliphatic heterocycles. The van der Waals surface area contributed by atoms with Crippen molar-refractivity contribution in [2.75, 3.05) is 38.3 Å². The van der Waals surface area contributed by atoms with Gasteiger partial charge in [-0.25, -0.2) is 15.0 Å². The summed E-state index contributed by atoms with van der Waals surface area (Å²) in [6, 6.07) is 5.59. The van der Waals surface area contributed by atoms with Crippen molar-refractivity contribution >= 4 is 11.7 Å². The van der Waals surface area contributed by atoms with Crippen LogP contribution in [0.3, 0.4) is 0 Å². The van der Waals surface area contributed by atoms with Gasteiger partial charge in [0.1, 0.15) is 18.1 Å². The molecule has 1 atom stereocenters. The van der Waals surface area contributed by atoms with E-state index in [1.54, 1.807) is 0 Å². The lowest BCUT2D eigenvalue weighted by Crippen LogP contribution is -2.45. The smallest absolute Gasteiger partial charge is 0.239 e. The van der Waals surface area contributed by atoms with Crippen LogP contribution < -0.4 is 15.0 Å². The van der Waals surface area contributed by atoms with Crippen molar-refractivity contribution < 1.29 is 19.0 Å². The summed E-state index contributed by atoms with van der Waals surface area (Å²) in [5.41, 5.74) is 2.51. The minimum absolute atomic E-state index is 0.0405. The molecule has 1 amide bonds. The van der Waals surface area contributed by atoms with Gasteiger partial charge in [-0.05, 0) is 65.4 Å². The fourth-order valence-corrected chi connectivity index (χ4v) is 4.38. The molecular formula is C26H37N5O4. The second-order valence-corrected chi connectivity index (χ2v) is 10.2. The van der Waals surface area contributed by atoms with Gasteiger partial charge in [-0.3, -0.25) is 4.79 Å². The number of aryl methyl sites for hydroxylation is 1. The number of hydrogen-bond acceptors (Lipinski definition) is 8. The highest BCUT2D eigenvalue weighted by molar-refractivity contribution is 5.82. The Bertz CT molecular complexity index is 1020. The quantitative estimate of drug-likeness (QED) is 0.543. The molecule has 1 unspecified atom stereocenters. The van der Waals surface area contributed by atoms with Gasteiger partial charge in [-0.1, -0.05) is 6.07 Å². The Kier molecular flexibility index (Phi) is 8.18. The normalized spacial score (nSPS) is 17.7. The molecule has 9 heteroatoms. The van der Waals surface area contributed by atoms with Crippen LogP contribution in [0.5, 0.6) is 5.88 Å². The van der Waals surface area contributed by atoms with E-state index in [9.17, 15) is 4.79 Å². The van der Waals surface area contributed by atoms with Crippen LogP contribution in [0.25, 0.3) is 11.5 Å². The SMILES string of the molecule is CN(CC(=O)NC(C)(C)C)c1nc(-c2cccc(OCCOC3CCCCO3)n2)nc2c1CCC2. The summed E-state index contributed by atoms with van der Waals surface area (Å²) < 4.78 is 17.1. The van der Waals surface area contributed by atoms with Gasteiger partial charge in [-0.15, -0.1) is 0 Å². The maximum absolute atomic E-state index is 12.5. The third-order valence-electron chi connectivity index (χ3n) is 5.90. The van der Waals surface area contributed by atoms with E-state index in [1.165, 1.54) is 0 Å². The van der Waals surface area contributed by atoms with Crippen LogP contribution in [0.15, 0.2) is 18.2 Å². The van der Waals surface area contributed by atoms with Gasteiger partial charge >= 0.3 is 0 Å². The van der Waals surface area contributed by atoms with Gasteiger partial charge in [-0.2, -0.15) is 0 Å². The average molecular weight is 484 g/mol. The Morgan fingerprint density at radius 1 is 1.14 bits per heavy atom. The Hall–Kier alpha value is -2.78. The van der Waals surface area contributed by atoms with Crippen molar-refractivity contribution in [1.29, 1.82) is 0 Å². The van der Waals surface area contributed by atoms with Gasteiger partial charge in [0.15, 0.2) is 12.1 Å². The zero-order chi connectivity index (χ0) is 24.8. The van der Waals surface area contributed by atoms with E-state index >= 15 is 0 Å². The monoisotopic (exact) mass is 483 g/mol. The lowest BCUT2D eigenvalue weighted by molar-refractivity contribution is -0.165. The fraction of sp³-hybridized carbons (Fsp3) is 0.615. The zero-order valence-electron chi connectivity index (χ0n) is 21.3. The number of hydrogen-bond donors (Lipinski definition) is 1. The molecule has 1 fully saturated rings. The summed E-state index contributed by atoms with van der Waals surface area (Å²) in [5.74, 6) is 1.79. The van der Waals surface area contributed by atoms with Gasteiger partial charge < -0.3 is 24.4 Å². The number of ether oxygens (including phenoxy) is 3. The number of carbonyl (C=O) groups is 1. The number of rotatable bonds is 9. The molecule has 1 N–H and O–H groups in total. The zero-order valence-corrected chi connectivity index (χ0v) is 21.3. The number of nitrogens with one attached hydrogen (secondary N) is 1. The average Bonchev–Trinajstić information content (AvgIpc) is 3.29. The molecule has 2 aromatic heterocycles. The van der Waals surface area contributed by atoms with E-state index in [4.69, 9.17) is 24.2 Å². The molecule has 0 saturated carbocycles. The molecule has 0 bridgehead atoms. The van der Waals surface area contributed by atoms with E-state index in [2.05, 4.69) is 10.3 Å². The van der Waals surface area contributed by atoms with Crippen LogP contribution in [0.2, 0.25) is 0 Å². The second kappa shape index (κ2) is 11.3. The molecule has 0 aromatic carbocycles. The molecular weight excluding hydrogens is 446 g/mol. The number of likely N-dealkylation sites (N-methyl/N-ethyl adjacent to an activating group) is 1. The lowest BCUT2D eigenvalue weighted by atomic mass is 10.1. The van der Waals surface area contributed by atoms with Crippen molar-refractivity contribution in [2.24, 2.45) is 0 Å². The van der Waals surface area contributed by atoms with Gasteiger partial charge in [0.05, 0.1) is 13.2 Å². The molecule has 4 rings (SSSR count). The largest absolute Gasteiger partial charge is 0.475 e. The lowest BCUT2D eigenvalue weighted by Gasteiger charge is -2.25. The van der Waals surface area contributed by atoms with Crippen LogP contribution in [-0.2, 0) is 27.1 Å². The van der Waals surface area contributed by atoms with Crippen LogP contribution >= 0.6 is 0 Å². The van der Waals surface area contributed by atoms with E-state index in [0.29, 0.717) is 30.6 Å². The molecule has 9 nitrogen and oxygen atoms in total. The minimum Gasteiger partial charge on any atom is -0.475 e. The summed E-state index contributed by atoms with van der Waals surface area (Å²) in [4.78, 5) is 28.7. The first-order chi connectivity index (χ1) is 16.8. The summed E-state index contributed by atoms with van der Waals surface area (Å²) in [7, 11) is 1.90. The van der Waals surface area contributed by atoms with Crippen molar-refractivity contribution in [2.45, 2.75) is 71.1 Å². The number of nitrogens with zero attached hydrogens (tertiary/aromatic N) is 4. The van der Waals surface area contributed by atoms with Crippen molar-refractivity contribution in [3.63, 3.8) is 0 Å². The first-order valence-corrected chi connectivity index (χ1v) is 12.5. The Morgan fingerprint density at radius 3 is 2.77 bits per heavy atom. The number of carbonyl (C=O) groups excluding carboxylic acids is 1. The minimum atomic E-state index is -0.282. The predicted octanol–water partition coefficient (Wildman–Crippen LogP) is 3.30. The molecule has 0 radical (unpaired) electrons. The van der Waals surface area contributed by atoms with Gasteiger partial charge in [0, 0.05) is 36.5 Å². The molecule has 1 aliphatic carbocycles. The van der Waals surface area contributed by atoms with E-state index < -0.39 is 0 Å². The number of pyridine rings is 1. The summed E-state index contributed by atoms with van der Waals surface area (Å²) in [6.45, 7) is 7.73. The topological polar surface area (TPSA) is 98.7 Å². The highest BCUT2D eigenvalue weighted by Crippen LogP contribution is 2.31. The highest BCUT2D eigenvalue weighted by atomic mass is 16.7. The first kappa shape index (κ1) is 25.3. The van der Waals surface area contributed by atoms with E-state index in [0.717, 1.165) is 62.2 Å². The van der Waals surface area contributed by atoms with Crippen LogP contribution in [0.4, 0.5) is 5.82 Å².